The van der Waals surface area contributed by atoms with Crippen LogP contribution >= 0.6 is 0 Å². The predicted octanol–water partition coefficient (Wildman–Crippen LogP) is 2.08. The summed E-state index contributed by atoms with van der Waals surface area (Å²) >= 11 is 0. The summed E-state index contributed by atoms with van der Waals surface area (Å²) in [6, 6.07) is 2.93. The van der Waals surface area contributed by atoms with Gasteiger partial charge in [0, 0.05) is 5.56 Å². The largest absolute Gasteiger partial charge is 0.493 e. The number of methoxy groups -OCH3 is 3. The van der Waals surface area contributed by atoms with Gasteiger partial charge >= 0.3 is 0 Å². The number of benzene rings is 1. The van der Waals surface area contributed by atoms with E-state index < -0.39 is 0 Å². The molecule has 0 radical (unpaired) electrons. The SMILES string of the molecule is COc1cc2c(c(OC)c1OC)C(=O)c1ccoc1C2=O. The molecule has 1 aliphatic carbocycles. The van der Waals surface area contributed by atoms with Crippen molar-refractivity contribution < 1.29 is 28.2 Å². The summed E-state index contributed by atoms with van der Waals surface area (Å²) in [5, 5.41) is 0. The standard InChI is InChI=1S/C15H12O6/c1-18-9-6-8-10(15(20-3)14(9)19-2)11(16)7-4-5-21-13(7)12(8)17/h4-6H,1-3H3. The highest BCUT2D eigenvalue weighted by atomic mass is 16.5. The first kappa shape index (κ1) is 13.2. The van der Waals surface area contributed by atoms with E-state index in [1.165, 1.54) is 39.7 Å². The van der Waals surface area contributed by atoms with Gasteiger partial charge in [-0.1, -0.05) is 0 Å². The molecule has 1 aromatic heterocycles. The van der Waals surface area contributed by atoms with Crippen LogP contribution < -0.4 is 14.2 Å². The van der Waals surface area contributed by atoms with Crippen molar-refractivity contribution in [2.75, 3.05) is 21.3 Å². The summed E-state index contributed by atoms with van der Waals surface area (Å²) in [5.74, 6) is 0.0601. The zero-order valence-electron chi connectivity index (χ0n) is 11.7. The third-order valence-corrected chi connectivity index (χ3v) is 3.42. The Labute approximate surface area is 120 Å². The molecule has 1 aliphatic rings. The van der Waals surface area contributed by atoms with Gasteiger partial charge in [0.05, 0.1) is 38.7 Å². The average molecular weight is 288 g/mol. The Bertz CT molecular complexity index is 756. The molecule has 6 nitrogen and oxygen atoms in total. The van der Waals surface area contributed by atoms with Crippen LogP contribution in [0.5, 0.6) is 17.2 Å². The number of furan rings is 1. The molecule has 0 amide bonds. The highest BCUT2D eigenvalue weighted by molar-refractivity contribution is 6.28. The van der Waals surface area contributed by atoms with Crippen molar-refractivity contribution in [2.45, 2.75) is 0 Å². The van der Waals surface area contributed by atoms with Gasteiger partial charge in [0.15, 0.2) is 17.3 Å². The molecular formula is C15H12O6. The lowest BCUT2D eigenvalue weighted by molar-refractivity contribution is 0.0957. The Kier molecular flexibility index (Phi) is 2.94. The summed E-state index contributed by atoms with van der Waals surface area (Å²) in [4.78, 5) is 25.0. The third-order valence-electron chi connectivity index (χ3n) is 3.42. The summed E-state index contributed by atoms with van der Waals surface area (Å²) in [6.45, 7) is 0. The molecule has 0 saturated heterocycles. The minimum Gasteiger partial charge on any atom is -0.493 e. The summed E-state index contributed by atoms with van der Waals surface area (Å²) in [6.07, 6.45) is 1.31. The number of fused-ring (bicyclic) bond motifs is 2. The minimum absolute atomic E-state index is 0.0294. The van der Waals surface area contributed by atoms with E-state index in [-0.39, 0.29) is 45.5 Å². The van der Waals surface area contributed by atoms with Crippen molar-refractivity contribution in [1.82, 2.24) is 0 Å². The fourth-order valence-electron chi connectivity index (χ4n) is 2.48. The number of ketones is 2. The van der Waals surface area contributed by atoms with Crippen molar-refractivity contribution in [2.24, 2.45) is 0 Å². The predicted molar refractivity (Wildman–Crippen MR) is 71.7 cm³/mol. The van der Waals surface area contributed by atoms with Crippen molar-refractivity contribution in [3.63, 3.8) is 0 Å². The second-order valence-corrected chi connectivity index (χ2v) is 4.39. The Balaban J connectivity index is 2.37. The Morgan fingerprint density at radius 2 is 1.62 bits per heavy atom. The summed E-state index contributed by atoms with van der Waals surface area (Å²) in [5.41, 5.74) is 0.559. The molecule has 1 heterocycles. The molecule has 108 valence electrons. The molecule has 0 fully saturated rings. The molecule has 1 aromatic carbocycles. The second kappa shape index (κ2) is 4.66. The van der Waals surface area contributed by atoms with Crippen LogP contribution in [0.25, 0.3) is 0 Å². The average Bonchev–Trinajstić information content (AvgIpc) is 3.00. The van der Waals surface area contributed by atoms with E-state index in [9.17, 15) is 9.59 Å². The molecule has 0 saturated carbocycles. The van der Waals surface area contributed by atoms with Gasteiger partial charge in [-0.15, -0.1) is 0 Å². The first-order chi connectivity index (χ1) is 10.1. The van der Waals surface area contributed by atoms with Gasteiger partial charge in [0.1, 0.15) is 0 Å². The quantitative estimate of drug-likeness (QED) is 0.734. The molecule has 0 atom stereocenters. The fraction of sp³-hybridized carbons (Fsp3) is 0.200. The molecule has 3 rings (SSSR count). The van der Waals surface area contributed by atoms with Crippen LogP contribution in [0.15, 0.2) is 22.8 Å². The molecule has 0 spiro atoms. The molecule has 0 unspecified atom stereocenters. The molecule has 6 heteroatoms. The van der Waals surface area contributed by atoms with Gasteiger partial charge < -0.3 is 18.6 Å². The van der Waals surface area contributed by atoms with E-state index in [4.69, 9.17) is 18.6 Å². The molecule has 0 N–H and O–H groups in total. The van der Waals surface area contributed by atoms with Crippen LogP contribution in [0, 0.1) is 0 Å². The van der Waals surface area contributed by atoms with Gasteiger partial charge in [0.25, 0.3) is 0 Å². The Morgan fingerprint density at radius 3 is 2.24 bits per heavy atom. The van der Waals surface area contributed by atoms with Crippen molar-refractivity contribution >= 4 is 11.6 Å². The molecule has 2 aromatic rings. The molecule has 21 heavy (non-hydrogen) atoms. The van der Waals surface area contributed by atoms with Crippen LogP contribution in [0.1, 0.15) is 32.0 Å². The van der Waals surface area contributed by atoms with E-state index in [2.05, 4.69) is 0 Å². The number of carbonyl (C=O) groups excluding carboxylic acids is 2. The van der Waals surface area contributed by atoms with E-state index in [0.29, 0.717) is 5.75 Å². The lowest BCUT2D eigenvalue weighted by Gasteiger charge is -2.20. The van der Waals surface area contributed by atoms with Gasteiger partial charge in [-0.3, -0.25) is 9.59 Å². The number of ether oxygens (including phenoxy) is 3. The van der Waals surface area contributed by atoms with Crippen LogP contribution in [-0.4, -0.2) is 32.9 Å². The lowest BCUT2D eigenvalue weighted by Crippen LogP contribution is -2.20. The van der Waals surface area contributed by atoms with Crippen LogP contribution in [-0.2, 0) is 0 Å². The Morgan fingerprint density at radius 1 is 0.905 bits per heavy atom. The molecule has 0 aliphatic heterocycles. The van der Waals surface area contributed by atoms with Crippen molar-refractivity contribution in [3.8, 4) is 17.2 Å². The van der Waals surface area contributed by atoms with E-state index >= 15 is 0 Å². The second-order valence-electron chi connectivity index (χ2n) is 4.39. The normalized spacial score (nSPS) is 12.7. The lowest BCUT2D eigenvalue weighted by atomic mass is 9.87. The third kappa shape index (κ3) is 1.65. The number of carbonyl (C=O) groups is 2. The number of hydrogen-bond donors (Lipinski definition) is 0. The van der Waals surface area contributed by atoms with E-state index in [1.54, 1.807) is 0 Å². The highest BCUT2D eigenvalue weighted by Gasteiger charge is 2.37. The van der Waals surface area contributed by atoms with E-state index in [0.717, 1.165) is 0 Å². The maximum absolute atomic E-state index is 12.6. The van der Waals surface area contributed by atoms with Gasteiger partial charge in [0.2, 0.25) is 17.3 Å². The van der Waals surface area contributed by atoms with Crippen LogP contribution in [0.2, 0.25) is 0 Å². The van der Waals surface area contributed by atoms with E-state index in [1.807, 2.05) is 0 Å². The van der Waals surface area contributed by atoms with Crippen molar-refractivity contribution in [3.05, 3.63) is 40.8 Å². The first-order valence-corrected chi connectivity index (χ1v) is 6.13. The monoisotopic (exact) mass is 288 g/mol. The zero-order chi connectivity index (χ0) is 15.1. The topological polar surface area (TPSA) is 75.0 Å². The highest BCUT2D eigenvalue weighted by Crippen LogP contribution is 2.45. The van der Waals surface area contributed by atoms with Crippen molar-refractivity contribution in [1.29, 1.82) is 0 Å². The fourth-order valence-corrected chi connectivity index (χ4v) is 2.48. The Hall–Kier alpha value is -2.76. The minimum atomic E-state index is -0.385. The van der Waals surface area contributed by atoms with Crippen LogP contribution in [0.4, 0.5) is 0 Å². The molecule has 0 bridgehead atoms. The zero-order valence-corrected chi connectivity index (χ0v) is 11.7. The summed E-state index contributed by atoms with van der Waals surface area (Å²) in [7, 11) is 4.28. The maximum atomic E-state index is 12.6. The number of hydrogen-bond acceptors (Lipinski definition) is 6. The molecular weight excluding hydrogens is 276 g/mol. The van der Waals surface area contributed by atoms with Gasteiger partial charge in [-0.25, -0.2) is 0 Å². The van der Waals surface area contributed by atoms with Gasteiger partial charge in [-0.2, -0.15) is 0 Å². The first-order valence-electron chi connectivity index (χ1n) is 6.13. The smallest absolute Gasteiger partial charge is 0.229 e. The maximum Gasteiger partial charge on any atom is 0.229 e. The summed E-state index contributed by atoms with van der Waals surface area (Å²) < 4.78 is 20.8. The van der Waals surface area contributed by atoms with Gasteiger partial charge in [-0.05, 0) is 12.1 Å². The van der Waals surface area contributed by atoms with Crippen LogP contribution in [0.3, 0.4) is 0 Å². The number of rotatable bonds is 3.